The van der Waals surface area contributed by atoms with Gasteiger partial charge in [0.1, 0.15) is 12.4 Å². The van der Waals surface area contributed by atoms with Gasteiger partial charge in [-0.3, -0.25) is 9.80 Å². The van der Waals surface area contributed by atoms with Gasteiger partial charge >= 0.3 is 0 Å². The van der Waals surface area contributed by atoms with Crippen LogP contribution in [-0.2, 0) is 4.74 Å². The minimum atomic E-state index is 0.480. The molecule has 0 amide bonds. The van der Waals surface area contributed by atoms with Gasteiger partial charge in [0.05, 0.1) is 6.10 Å². The number of hydrogen-bond acceptors (Lipinski definition) is 4. The molecule has 1 unspecified atom stereocenters. The van der Waals surface area contributed by atoms with Gasteiger partial charge in [-0.05, 0) is 37.8 Å². The lowest BCUT2D eigenvalue weighted by Gasteiger charge is -2.35. The van der Waals surface area contributed by atoms with Gasteiger partial charge in [-0.2, -0.15) is 0 Å². The summed E-state index contributed by atoms with van der Waals surface area (Å²) in [5.41, 5.74) is 2.46. The van der Waals surface area contributed by atoms with Gasteiger partial charge in [0, 0.05) is 45.9 Å². The average molecular weight is 318 g/mol. The SMILES string of the molecule is Cc1cccc(C)c1OCCN1CCN(CC2CCCO2)CC1. The highest BCUT2D eigenvalue weighted by Gasteiger charge is 2.22. The van der Waals surface area contributed by atoms with Crippen LogP contribution in [0.2, 0.25) is 0 Å². The van der Waals surface area contributed by atoms with Crippen LogP contribution < -0.4 is 4.74 Å². The quantitative estimate of drug-likeness (QED) is 0.804. The monoisotopic (exact) mass is 318 g/mol. The standard InChI is InChI=1S/C19H30N2O2/c1-16-5-3-6-17(2)19(16)23-14-12-20-8-10-21(11-9-20)15-18-7-4-13-22-18/h3,5-6,18H,4,7-15H2,1-2H3. The third kappa shape index (κ3) is 4.69. The van der Waals surface area contributed by atoms with Crippen LogP contribution in [0.5, 0.6) is 5.75 Å². The Bertz CT molecular complexity index is 472. The molecule has 1 aromatic rings. The molecule has 0 aromatic heterocycles. The van der Waals surface area contributed by atoms with Crippen molar-refractivity contribution in [3.8, 4) is 5.75 Å². The molecule has 1 atom stereocenters. The lowest BCUT2D eigenvalue weighted by atomic mass is 10.1. The Morgan fingerprint density at radius 2 is 1.78 bits per heavy atom. The highest BCUT2D eigenvalue weighted by Crippen LogP contribution is 2.22. The Hall–Kier alpha value is -1.10. The van der Waals surface area contributed by atoms with Gasteiger partial charge < -0.3 is 9.47 Å². The molecule has 0 N–H and O–H groups in total. The molecule has 2 aliphatic heterocycles. The molecule has 3 rings (SSSR count). The molecular formula is C19H30N2O2. The Kier molecular flexibility index (Phi) is 5.92. The van der Waals surface area contributed by atoms with Crippen molar-refractivity contribution in [2.24, 2.45) is 0 Å². The normalized spacial score (nSPS) is 23.3. The summed E-state index contributed by atoms with van der Waals surface area (Å²) in [6.45, 7) is 12.7. The molecule has 4 heteroatoms. The minimum Gasteiger partial charge on any atom is -0.492 e. The van der Waals surface area contributed by atoms with Gasteiger partial charge in [0.15, 0.2) is 0 Å². The predicted molar refractivity (Wildman–Crippen MR) is 93.3 cm³/mol. The summed E-state index contributed by atoms with van der Waals surface area (Å²) >= 11 is 0. The number of para-hydroxylation sites is 1. The van der Waals surface area contributed by atoms with Crippen molar-refractivity contribution < 1.29 is 9.47 Å². The number of hydrogen-bond donors (Lipinski definition) is 0. The average Bonchev–Trinajstić information content (AvgIpc) is 3.05. The molecule has 0 saturated carbocycles. The van der Waals surface area contributed by atoms with E-state index in [0.29, 0.717) is 6.10 Å². The van der Waals surface area contributed by atoms with Crippen LogP contribution in [0.1, 0.15) is 24.0 Å². The molecule has 0 aliphatic carbocycles. The van der Waals surface area contributed by atoms with Crippen molar-refractivity contribution in [2.45, 2.75) is 32.8 Å². The van der Waals surface area contributed by atoms with Crippen molar-refractivity contribution >= 4 is 0 Å². The van der Waals surface area contributed by atoms with Crippen LogP contribution in [0.3, 0.4) is 0 Å². The minimum absolute atomic E-state index is 0.480. The topological polar surface area (TPSA) is 24.9 Å². The summed E-state index contributed by atoms with van der Waals surface area (Å²) in [4.78, 5) is 5.07. The lowest BCUT2D eigenvalue weighted by Crippen LogP contribution is -2.49. The third-order valence-corrected chi connectivity index (χ3v) is 5.01. The van der Waals surface area contributed by atoms with Crippen LogP contribution in [0.15, 0.2) is 18.2 Å². The zero-order valence-electron chi connectivity index (χ0n) is 14.6. The zero-order valence-corrected chi connectivity index (χ0v) is 14.6. The van der Waals surface area contributed by atoms with E-state index >= 15 is 0 Å². The fourth-order valence-electron chi connectivity index (χ4n) is 3.58. The van der Waals surface area contributed by atoms with E-state index in [9.17, 15) is 0 Å². The van der Waals surface area contributed by atoms with Crippen LogP contribution >= 0.6 is 0 Å². The first-order valence-electron chi connectivity index (χ1n) is 8.98. The molecule has 0 radical (unpaired) electrons. The smallest absolute Gasteiger partial charge is 0.125 e. The number of benzene rings is 1. The van der Waals surface area contributed by atoms with E-state index in [1.807, 2.05) is 0 Å². The summed E-state index contributed by atoms with van der Waals surface area (Å²) in [5.74, 6) is 1.06. The van der Waals surface area contributed by atoms with Crippen LogP contribution in [0, 0.1) is 13.8 Å². The zero-order chi connectivity index (χ0) is 16.1. The first-order chi connectivity index (χ1) is 11.2. The molecular weight excluding hydrogens is 288 g/mol. The highest BCUT2D eigenvalue weighted by atomic mass is 16.5. The van der Waals surface area contributed by atoms with Gasteiger partial charge in [0.2, 0.25) is 0 Å². The van der Waals surface area contributed by atoms with Crippen molar-refractivity contribution in [1.82, 2.24) is 9.80 Å². The molecule has 4 nitrogen and oxygen atoms in total. The number of ether oxygens (including phenoxy) is 2. The second kappa shape index (κ2) is 8.13. The molecule has 0 spiro atoms. The maximum Gasteiger partial charge on any atom is 0.125 e. The summed E-state index contributed by atoms with van der Waals surface area (Å²) in [6.07, 6.45) is 2.96. The maximum absolute atomic E-state index is 6.03. The van der Waals surface area contributed by atoms with Crippen molar-refractivity contribution in [3.05, 3.63) is 29.3 Å². The van der Waals surface area contributed by atoms with Crippen molar-refractivity contribution in [1.29, 1.82) is 0 Å². The van der Waals surface area contributed by atoms with Crippen LogP contribution in [0.25, 0.3) is 0 Å². The van der Waals surface area contributed by atoms with E-state index < -0.39 is 0 Å². The summed E-state index contributed by atoms with van der Waals surface area (Å²) < 4.78 is 11.8. The maximum atomic E-state index is 6.03. The molecule has 2 fully saturated rings. The Morgan fingerprint density at radius 3 is 2.43 bits per heavy atom. The van der Waals surface area contributed by atoms with Crippen molar-refractivity contribution in [2.75, 3.05) is 52.5 Å². The predicted octanol–water partition coefficient (Wildman–Crippen LogP) is 2.48. The van der Waals surface area contributed by atoms with E-state index in [1.54, 1.807) is 0 Å². The van der Waals surface area contributed by atoms with E-state index in [1.165, 1.54) is 24.0 Å². The summed E-state index contributed by atoms with van der Waals surface area (Å²) in [7, 11) is 0. The molecule has 23 heavy (non-hydrogen) atoms. The third-order valence-electron chi connectivity index (χ3n) is 5.01. The first kappa shape index (κ1) is 16.7. The van der Waals surface area contributed by atoms with E-state index in [0.717, 1.165) is 58.2 Å². The lowest BCUT2D eigenvalue weighted by molar-refractivity contribution is 0.0478. The fourth-order valence-corrected chi connectivity index (χ4v) is 3.58. The highest BCUT2D eigenvalue weighted by molar-refractivity contribution is 5.39. The van der Waals surface area contributed by atoms with Gasteiger partial charge in [0.25, 0.3) is 0 Å². The Balaban J connectivity index is 1.36. The molecule has 2 saturated heterocycles. The largest absolute Gasteiger partial charge is 0.492 e. The molecule has 2 heterocycles. The van der Waals surface area contributed by atoms with E-state index in [4.69, 9.17) is 9.47 Å². The number of aryl methyl sites for hydroxylation is 2. The second-order valence-electron chi connectivity index (χ2n) is 6.85. The first-order valence-corrected chi connectivity index (χ1v) is 8.98. The van der Waals surface area contributed by atoms with Crippen molar-refractivity contribution in [3.63, 3.8) is 0 Å². The van der Waals surface area contributed by atoms with E-state index in [-0.39, 0.29) is 0 Å². The van der Waals surface area contributed by atoms with Crippen LogP contribution in [-0.4, -0.2) is 68.4 Å². The fraction of sp³-hybridized carbons (Fsp3) is 0.684. The Morgan fingerprint density at radius 1 is 1.09 bits per heavy atom. The Labute approximate surface area is 140 Å². The van der Waals surface area contributed by atoms with Gasteiger partial charge in [-0.1, -0.05) is 18.2 Å². The van der Waals surface area contributed by atoms with E-state index in [2.05, 4.69) is 41.8 Å². The number of nitrogens with zero attached hydrogens (tertiary/aromatic N) is 2. The number of rotatable bonds is 6. The molecule has 1 aromatic carbocycles. The molecule has 2 aliphatic rings. The summed E-state index contributed by atoms with van der Waals surface area (Å²) in [6, 6.07) is 6.32. The van der Waals surface area contributed by atoms with Gasteiger partial charge in [-0.15, -0.1) is 0 Å². The second-order valence-corrected chi connectivity index (χ2v) is 6.85. The molecule has 128 valence electrons. The summed E-state index contributed by atoms with van der Waals surface area (Å²) in [5, 5.41) is 0. The number of piperazine rings is 1. The van der Waals surface area contributed by atoms with Gasteiger partial charge in [-0.25, -0.2) is 0 Å². The molecule has 0 bridgehead atoms. The van der Waals surface area contributed by atoms with Crippen LogP contribution in [0.4, 0.5) is 0 Å².